The van der Waals surface area contributed by atoms with Crippen LogP contribution in [0.3, 0.4) is 0 Å². The summed E-state index contributed by atoms with van der Waals surface area (Å²) in [5.74, 6) is 7.04. The highest BCUT2D eigenvalue weighted by Crippen LogP contribution is 2.65. The third-order valence-corrected chi connectivity index (χ3v) is 11.3. The Morgan fingerprint density at radius 2 is 1.61 bits per heavy atom. The smallest absolute Gasteiger partial charge is 0.00902 e. The van der Waals surface area contributed by atoms with Crippen molar-refractivity contribution in [3.8, 4) is 0 Å². The lowest BCUT2D eigenvalue weighted by atomic mass is 9.50. The molecule has 4 aliphatic rings. The van der Waals surface area contributed by atoms with E-state index < -0.39 is 0 Å². The Bertz CT molecular complexity index is 691. The topological polar surface area (TPSA) is 26.0 Å². The van der Waals surface area contributed by atoms with E-state index in [0.717, 1.165) is 35.5 Å². The van der Waals surface area contributed by atoms with Crippen molar-refractivity contribution < 1.29 is 0 Å². The second-order valence-corrected chi connectivity index (χ2v) is 13.3. The van der Waals surface area contributed by atoms with Crippen molar-refractivity contribution >= 4 is 0 Å². The number of hydrogen-bond donors (Lipinski definition) is 1. The average Bonchev–Trinajstić information content (AvgIpc) is 3.31. The Kier molecular flexibility index (Phi) is 16.1. The molecule has 0 bridgehead atoms. The fraction of sp³-hybridized carbons (Fsp3) is 0.892. The number of fused-ring (bicyclic) bond motifs is 5. The van der Waals surface area contributed by atoms with Gasteiger partial charge in [-0.3, -0.25) is 0 Å². The van der Waals surface area contributed by atoms with Crippen LogP contribution in [0.5, 0.6) is 0 Å². The zero-order valence-electron chi connectivity index (χ0n) is 28.0. The molecule has 224 valence electrons. The van der Waals surface area contributed by atoms with E-state index >= 15 is 0 Å². The van der Waals surface area contributed by atoms with E-state index in [9.17, 15) is 0 Å². The number of rotatable bonds is 7. The van der Waals surface area contributed by atoms with Crippen molar-refractivity contribution in [3.63, 3.8) is 0 Å². The molecule has 0 aromatic heterocycles. The maximum atomic E-state index is 6.06. The largest absolute Gasteiger partial charge is 0.327 e. The monoisotopic (exact) mass is 530 g/mol. The van der Waals surface area contributed by atoms with Crippen molar-refractivity contribution in [3.05, 3.63) is 23.8 Å². The fourth-order valence-corrected chi connectivity index (χ4v) is 8.92. The Labute approximate surface area is 241 Å². The molecule has 0 aromatic carbocycles. The molecule has 1 nitrogen and oxygen atoms in total. The molecular formula is C37H71N. The third-order valence-electron chi connectivity index (χ3n) is 11.3. The van der Waals surface area contributed by atoms with Gasteiger partial charge in [0.15, 0.2) is 0 Å². The summed E-state index contributed by atoms with van der Waals surface area (Å²) in [5, 5.41) is 0. The van der Waals surface area contributed by atoms with Crippen LogP contribution < -0.4 is 5.73 Å². The van der Waals surface area contributed by atoms with Gasteiger partial charge in [-0.15, -0.1) is 0 Å². The minimum absolute atomic E-state index is 0.403. The molecule has 3 fully saturated rings. The molecule has 0 radical (unpaired) electrons. The standard InChI is InChI=1S/C23H36.C10H23N.2C2H6/c1-5-16(3)21-10-11-22-20-9-7-17-14-15(2)6-8-18(17)19(20)12-13-23(21,22)4;1-5-7-9(4)10(11)8(3)6-2;2*1-2/h14-15,18-22H,3,5-13H2,1-2,4H3;8-10H,5-7,11H2,1-4H3;2*1-2H3/t15?,18-,19?,20+,21?,22?,23?;;;/m0.../s1. The lowest BCUT2D eigenvalue weighted by molar-refractivity contribution is -0.0165. The van der Waals surface area contributed by atoms with E-state index in [1.54, 1.807) is 5.57 Å². The van der Waals surface area contributed by atoms with Crippen LogP contribution in [0, 0.1) is 52.8 Å². The molecule has 0 spiro atoms. The second kappa shape index (κ2) is 17.3. The zero-order valence-corrected chi connectivity index (χ0v) is 28.0. The first-order chi connectivity index (χ1) is 18.2. The summed E-state index contributed by atoms with van der Waals surface area (Å²) in [6.45, 7) is 28.8. The van der Waals surface area contributed by atoms with E-state index in [-0.39, 0.29) is 0 Å². The van der Waals surface area contributed by atoms with Gasteiger partial charge in [-0.1, -0.05) is 113 Å². The van der Waals surface area contributed by atoms with E-state index in [1.807, 2.05) is 33.3 Å². The Hall–Kier alpha value is -0.560. The SMILES string of the molecule is C=C(CC)C1CCC2[C@@H]3CCC4=CC(C)CC[C@@H]4C3CCC12C.CC.CC.CCCC(C)C(N)C(C)CC. The average molecular weight is 530 g/mol. The van der Waals surface area contributed by atoms with Crippen molar-refractivity contribution in [1.82, 2.24) is 0 Å². The van der Waals surface area contributed by atoms with Gasteiger partial charge in [0.1, 0.15) is 0 Å². The highest BCUT2D eigenvalue weighted by molar-refractivity contribution is 5.21. The van der Waals surface area contributed by atoms with Gasteiger partial charge in [-0.25, -0.2) is 0 Å². The molecule has 4 rings (SSSR count). The zero-order chi connectivity index (χ0) is 29.0. The Balaban J connectivity index is 0.000000410. The van der Waals surface area contributed by atoms with Gasteiger partial charge in [0.05, 0.1) is 0 Å². The van der Waals surface area contributed by atoms with Crippen LogP contribution in [0.15, 0.2) is 23.8 Å². The van der Waals surface area contributed by atoms with Gasteiger partial charge in [-0.05, 0) is 117 Å². The molecule has 10 atom stereocenters. The summed E-state index contributed by atoms with van der Waals surface area (Å²) >= 11 is 0. The van der Waals surface area contributed by atoms with Gasteiger partial charge in [0.25, 0.3) is 0 Å². The first-order valence-electron chi connectivity index (χ1n) is 17.3. The first kappa shape index (κ1) is 35.5. The summed E-state index contributed by atoms with van der Waals surface area (Å²) < 4.78 is 0. The van der Waals surface area contributed by atoms with Crippen LogP contribution >= 0.6 is 0 Å². The van der Waals surface area contributed by atoms with E-state index in [4.69, 9.17) is 5.73 Å². The van der Waals surface area contributed by atoms with Crippen LogP contribution in [0.1, 0.15) is 153 Å². The lowest BCUT2D eigenvalue weighted by Gasteiger charge is -2.54. The normalized spacial score (nSPS) is 35.5. The van der Waals surface area contributed by atoms with Crippen molar-refractivity contribution in [2.24, 2.45) is 58.5 Å². The molecular weight excluding hydrogens is 458 g/mol. The summed E-state index contributed by atoms with van der Waals surface area (Å²) in [6, 6.07) is 0.403. The molecule has 4 aliphatic carbocycles. The van der Waals surface area contributed by atoms with Crippen LogP contribution in [0.25, 0.3) is 0 Å². The lowest BCUT2D eigenvalue weighted by Crippen LogP contribution is -2.46. The first-order valence-corrected chi connectivity index (χ1v) is 17.3. The molecule has 0 saturated heterocycles. The molecule has 0 heterocycles. The highest BCUT2D eigenvalue weighted by atomic mass is 14.7. The maximum absolute atomic E-state index is 6.06. The number of nitrogens with two attached hydrogens (primary N) is 1. The highest BCUT2D eigenvalue weighted by Gasteiger charge is 2.56. The van der Waals surface area contributed by atoms with Gasteiger partial charge in [-0.2, -0.15) is 0 Å². The van der Waals surface area contributed by atoms with E-state index in [1.165, 1.54) is 77.0 Å². The van der Waals surface area contributed by atoms with Gasteiger partial charge >= 0.3 is 0 Å². The molecule has 3 saturated carbocycles. The fourth-order valence-electron chi connectivity index (χ4n) is 8.92. The van der Waals surface area contributed by atoms with Gasteiger partial charge in [0.2, 0.25) is 0 Å². The molecule has 0 aliphatic heterocycles. The molecule has 0 aromatic rings. The minimum atomic E-state index is 0.403. The summed E-state index contributed by atoms with van der Waals surface area (Å²) in [7, 11) is 0. The quantitative estimate of drug-likeness (QED) is 0.326. The molecule has 2 N–H and O–H groups in total. The predicted molar refractivity (Wildman–Crippen MR) is 173 cm³/mol. The van der Waals surface area contributed by atoms with Crippen LogP contribution in [0.2, 0.25) is 0 Å². The number of hydrogen-bond acceptors (Lipinski definition) is 1. The van der Waals surface area contributed by atoms with Crippen LogP contribution in [-0.4, -0.2) is 6.04 Å². The molecule has 8 unspecified atom stereocenters. The summed E-state index contributed by atoms with van der Waals surface area (Å²) in [6.07, 6.45) is 19.3. The van der Waals surface area contributed by atoms with Crippen LogP contribution in [-0.2, 0) is 0 Å². The predicted octanol–water partition coefficient (Wildman–Crippen LogP) is 11.6. The molecule has 1 heteroatoms. The maximum Gasteiger partial charge on any atom is 0.00902 e. The Morgan fingerprint density at radius 3 is 2.18 bits per heavy atom. The van der Waals surface area contributed by atoms with Gasteiger partial charge in [0, 0.05) is 6.04 Å². The summed E-state index contributed by atoms with van der Waals surface area (Å²) in [5.41, 5.74) is 10.1. The minimum Gasteiger partial charge on any atom is -0.327 e. The summed E-state index contributed by atoms with van der Waals surface area (Å²) in [4.78, 5) is 0. The Morgan fingerprint density at radius 1 is 0.947 bits per heavy atom. The van der Waals surface area contributed by atoms with E-state index in [2.05, 4.69) is 61.1 Å². The van der Waals surface area contributed by atoms with E-state index in [0.29, 0.717) is 23.3 Å². The van der Waals surface area contributed by atoms with Gasteiger partial charge < -0.3 is 5.73 Å². The molecule has 38 heavy (non-hydrogen) atoms. The molecule has 0 amide bonds. The van der Waals surface area contributed by atoms with Crippen molar-refractivity contribution in [1.29, 1.82) is 0 Å². The number of allylic oxidation sites excluding steroid dienone is 3. The van der Waals surface area contributed by atoms with Crippen molar-refractivity contribution in [2.75, 3.05) is 0 Å². The second-order valence-electron chi connectivity index (χ2n) is 13.3. The van der Waals surface area contributed by atoms with Crippen molar-refractivity contribution in [2.45, 2.75) is 159 Å². The van der Waals surface area contributed by atoms with Crippen LogP contribution in [0.4, 0.5) is 0 Å². The third kappa shape index (κ3) is 8.24.